The average Bonchev–Trinajstić information content (AvgIpc) is 3.19. The van der Waals surface area contributed by atoms with E-state index in [9.17, 15) is 9.18 Å². The van der Waals surface area contributed by atoms with Gasteiger partial charge >= 0.3 is 5.69 Å². The predicted molar refractivity (Wildman–Crippen MR) is 92.0 cm³/mol. The van der Waals surface area contributed by atoms with Gasteiger partial charge in [-0.3, -0.25) is 4.98 Å². The maximum atomic E-state index is 14.0. The minimum Gasteiger partial charge on any atom is -0.394 e. The first kappa shape index (κ1) is 16.2. The molecule has 0 amide bonds. The molecule has 0 fully saturated rings. The zero-order valence-corrected chi connectivity index (χ0v) is 13.6. The molecule has 0 saturated heterocycles. The molecule has 4 rings (SSSR count). The number of aromatic nitrogens is 6. The third-order valence-corrected chi connectivity index (χ3v) is 4.00. The highest BCUT2D eigenvalue weighted by Crippen LogP contribution is 2.24. The second kappa shape index (κ2) is 6.52. The number of nitrogens with zero attached hydrogens (tertiary/aromatic N) is 5. The van der Waals surface area contributed by atoms with Crippen molar-refractivity contribution in [1.29, 1.82) is 0 Å². The molecule has 3 aromatic heterocycles. The van der Waals surface area contributed by atoms with Crippen molar-refractivity contribution in [3.05, 3.63) is 64.5 Å². The Morgan fingerprint density at radius 1 is 1.12 bits per heavy atom. The molecule has 3 heterocycles. The summed E-state index contributed by atoms with van der Waals surface area (Å²) in [6, 6.07) is 10.0. The molecule has 1 aromatic carbocycles. The van der Waals surface area contributed by atoms with E-state index in [0.717, 1.165) is 4.68 Å². The van der Waals surface area contributed by atoms with Crippen LogP contribution in [0.25, 0.3) is 22.6 Å². The van der Waals surface area contributed by atoms with Gasteiger partial charge in [-0.2, -0.15) is 5.10 Å². The van der Waals surface area contributed by atoms with Crippen LogP contribution >= 0.6 is 0 Å². The van der Waals surface area contributed by atoms with Gasteiger partial charge in [0.1, 0.15) is 11.5 Å². The van der Waals surface area contributed by atoms with Crippen LogP contribution < -0.4 is 5.69 Å². The Balaban J connectivity index is 1.83. The molecule has 0 aliphatic rings. The monoisotopic (exact) mass is 354 g/mol. The van der Waals surface area contributed by atoms with E-state index in [1.165, 1.54) is 6.07 Å². The van der Waals surface area contributed by atoms with E-state index in [0.29, 0.717) is 22.3 Å². The summed E-state index contributed by atoms with van der Waals surface area (Å²) in [5.41, 5.74) is 1.05. The van der Waals surface area contributed by atoms with Crippen LogP contribution in [0.15, 0.2) is 47.4 Å². The zero-order chi connectivity index (χ0) is 18.1. The molecular formula is C17H15FN6O2. The van der Waals surface area contributed by atoms with Gasteiger partial charge in [0.25, 0.3) is 0 Å². The maximum absolute atomic E-state index is 14.0. The summed E-state index contributed by atoms with van der Waals surface area (Å²) in [7, 11) is 0. The summed E-state index contributed by atoms with van der Waals surface area (Å²) < 4.78 is 16.7. The molecule has 0 unspecified atom stereocenters. The molecule has 0 saturated carbocycles. The van der Waals surface area contributed by atoms with Crippen LogP contribution in [0.1, 0.15) is 5.56 Å². The van der Waals surface area contributed by atoms with Crippen molar-refractivity contribution in [2.75, 3.05) is 6.61 Å². The van der Waals surface area contributed by atoms with Crippen LogP contribution in [0, 0.1) is 5.82 Å². The van der Waals surface area contributed by atoms with Crippen LogP contribution in [0.5, 0.6) is 0 Å². The molecule has 0 radical (unpaired) electrons. The number of fused-ring (bicyclic) bond motifs is 1. The van der Waals surface area contributed by atoms with Crippen LogP contribution in [-0.4, -0.2) is 41.2 Å². The van der Waals surface area contributed by atoms with Gasteiger partial charge in [-0.25, -0.2) is 23.5 Å². The van der Waals surface area contributed by atoms with E-state index in [4.69, 9.17) is 5.11 Å². The number of halogens is 1. The number of aromatic amines is 1. The van der Waals surface area contributed by atoms with Crippen LogP contribution in [0.2, 0.25) is 0 Å². The zero-order valence-electron chi connectivity index (χ0n) is 13.6. The largest absolute Gasteiger partial charge is 0.394 e. The van der Waals surface area contributed by atoms with Crippen molar-refractivity contribution < 1.29 is 9.50 Å². The first-order valence-electron chi connectivity index (χ1n) is 8.00. The van der Waals surface area contributed by atoms with Crippen LogP contribution in [0.4, 0.5) is 4.39 Å². The summed E-state index contributed by atoms with van der Waals surface area (Å²) >= 11 is 0. The molecule has 26 heavy (non-hydrogen) atoms. The number of aliphatic hydroxyl groups is 1. The minimum atomic E-state index is -0.435. The Bertz CT molecular complexity index is 1130. The Hall–Kier alpha value is -3.33. The van der Waals surface area contributed by atoms with Crippen LogP contribution in [0.3, 0.4) is 0 Å². The van der Waals surface area contributed by atoms with Crippen molar-refractivity contribution in [2.24, 2.45) is 0 Å². The summed E-state index contributed by atoms with van der Waals surface area (Å²) in [6.45, 7) is 0.0808. The van der Waals surface area contributed by atoms with Crippen molar-refractivity contribution >= 4 is 11.0 Å². The molecule has 0 aliphatic carbocycles. The van der Waals surface area contributed by atoms with E-state index >= 15 is 0 Å². The molecule has 0 aliphatic heterocycles. The van der Waals surface area contributed by atoms with Gasteiger partial charge in [0.15, 0.2) is 11.5 Å². The molecule has 0 bridgehead atoms. The van der Waals surface area contributed by atoms with E-state index in [2.05, 4.69) is 20.2 Å². The number of H-pyrrole nitrogens is 1. The standard InChI is InChI=1S/C17H15FN6O2/c18-13-6-2-1-4-11(13)10-24-16-12(5-3-7-19-16)14(21-24)15-20-17(26)23(22-15)8-9-25/h1-7,25H,8-10H2,(H,20,22,26). The third-order valence-electron chi connectivity index (χ3n) is 4.00. The lowest BCUT2D eigenvalue weighted by atomic mass is 10.2. The van der Waals surface area contributed by atoms with Crippen LogP contribution in [-0.2, 0) is 13.1 Å². The number of hydrogen-bond acceptors (Lipinski definition) is 5. The van der Waals surface area contributed by atoms with Crippen molar-refractivity contribution in [3.8, 4) is 11.5 Å². The minimum absolute atomic E-state index is 0.0848. The number of hydrogen-bond donors (Lipinski definition) is 2. The summed E-state index contributed by atoms with van der Waals surface area (Å²) in [6.07, 6.45) is 1.62. The molecule has 0 spiro atoms. The second-order valence-corrected chi connectivity index (χ2v) is 5.70. The molecule has 0 atom stereocenters. The summed E-state index contributed by atoms with van der Waals surface area (Å²) in [5, 5.41) is 18.4. The SMILES string of the molecule is O=c1[nH]c(-c2nn(Cc3ccccc3F)c3ncccc23)nn1CCO. The predicted octanol–water partition coefficient (Wildman–Crippen LogP) is 1.16. The second-order valence-electron chi connectivity index (χ2n) is 5.70. The quantitative estimate of drug-likeness (QED) is 0.560. The van der Waals surface area contributed by atoms with E-state index < -0.39 is 5.69 Å². The average molecular weight is 354 g/mol. The maximum Gasteiger partial charge on any atom is 0.343 e. The number of pyridine rings is 1. The highest BCUT2D eigenvalue weighted by atomic mass is 19.1. The Morgan fingerprint density at radius 3 is 2.77 bits per heavy atom. The smallest absolute Gasteiger partial charge is 0.343 e. The van der Waals surface area contributed by atoms with Gasteiger partial charge < -0.3 is 5.11 Å². The first-order valence-corrected chi connectivity index (χ1v) is 8.00. The lowest BCUT2D eigenvalue weighted by Gasteiger charge is -2.04. The molecule has 4 aromatic rings. The molecular weight excluding hydrogens is 339 g/mol. The van der Waals surface area contributed by atoms with Gasteiger partial charge in [0.2, 0.25) is 0 Å². The molecule has 8 nitrogen and oxygen atoms in total. The fourth-order valence-corrected chi connectivity index (χ4v) is 2.79. The molecule has 132 valence electrons. The van der Waals surface area contributed by atoms with Gasteiger partial charge in [0.05, 0.1) is 25.1 Å². The van der Waals surface area contributed by atoms with E-state index in [1.807, 2.05) is 6.07 Å². The van der Waals surface area contributed by atoms with Gasteiger partial charge in [0, 0.05) is 11.8 Å². The van der Waals surface area contributed by atoms with E-state index in [-0.39, 0.29) is 31.3 Å². The van der Waals surface area contributed by atoms with Crippen molar-refractivity contribution in [1.82, 2.24) is 29.5 Å². The number of nitrogens with one attached hydrogen (secondary N) is 1. The molecule has 9 heteroatoms. The lowest BCUT2D eigenvalue weighted by Crippen LogP contribution is -2.19. The number of aliphatic hydroxyl groups excluding tert-OH is 1. The first-order chi connectivity index (χ1) is 12.7. The number of rotatable bonds is 5. The van der Waals surface area contributed by atoms with Gasteiger partial charge in [-0.15, -0.1) is 5.10 Å². The van der Waals surface area contributed by atoms with Gasteiger partial charge in [-0.05, 0) is 18.2 Å². The van der Waals surface area contributed by atoms with Crippen molar-refractivity contribution in [3.63, 3.8) is 0 Å². The highest BCUT2D eigenvalue weighted by Gasteiger charge is 2.18. The third kappa shape index (κ3) is 2.78. The topological polar surface area (TPSA) is 102 Å². The summed E-state index contributed by atoms with van der Waals surface area (Å²) in [4.78, 5) is 18.9. The fraction of sp³-hybridized carbons (Fsp3) is 0.176. The Morgan fingerprint density at radius 2 is 1.96 bits per heavy atom. The van der Waals surface area contributed by atoms with Crippen molar-refractivity contribution in [2.45, 2.75) is 13.1 Å². The highest BCUT2D eigenvalue weighted by molar-refractivity contribution is 5.89. The normalized spacial score (nSPS) is 11.3. The van der Waals surface area contributed by atoms with Gasteiger partial charge in [-0.1, -0.05) is 18.2 Å². The summed E-state index contributed by atoms with van der Waals surface area (Å²) in [5.74, 6) is -0.0528. The Labute approximate surface area is 146 Å². The fourth-order valence-electron chi connectivity index (χ4n) is 2.79. The van der Waals surface area contributed by atoms with E-state index in [1.54, 1.807) is 35.1 Å². The number of benzene rings is 1. The lowest BCUT2D eigenvalue weighted by molar-refractivity contribution is 0.267. The molecule has 2 N–H and O–H groups in total. The Kier molecular flexibility index (Phi) is 4.05.